The quantitative estimate of drug-likeness (QED) is 0.640. The van der Waals surface area contributed by atoms with E-state index in [1.54, 1.807) is 11.0 Å². The highest BCUT2D eigenvalue weighted by Crippen LogP contribution is 2.52. The minimum absolute atomic E-state index is 0.0224. The van der Waals surface area contributed by atoms with E-state index in [-0.39, 0.29) is 22.6 Å². The Balaban J connectivity index is 1.48. The number of hydrogen-bond donors (Lipinski definition) is 2. The third kappa shape index (κ3) is 3.00. The van der Waals surface area contributed by atoms with Crippen molar-refractivity contribution in [2.75, 3.05) is 16.8 Å². The second-order valence-electron chi connectivity index (χ2n) is 7.33. The zero-order valence-electron chi connectivity index (χ0n) is 15.5. The molecule has 5 rings (SSSR count). The first kappa shape index (κ1) is 18.6. The van der Waals surface area contributed by atoms with Gasteiger partial charge in [0, 0.05) is 18.3 Å². The lowest BCUT2D eigenvalue weighted by Gasteiger charge is -2.33. The maximum absolute atomic E-state index is 14.7. The van der Waals surface area contributed by atoms with Gasteiger partial charge in [0.05, 0.1) is 22.7 Å². The van der Waals surface area contributed by atoms with Gasteiger partial charge in [-0.25, -0.2) is 22.9 Å². The van der Waals surface area contributed by atoms with Crippen molar-refractivity contribution >= 4 is 39.2 Å². The zero-order valence-corrected chi connectivity index (χ0v) is 16.3. The van der Waals surface area contributed by atoms with Gasteiger partial charge in [0.15, 0.2) is 11.6 Å². The lowest BCUT2D eigenvalue weighted by atomic mass is 10.0. The molecule has 10 nitrogen and oxygen atoms in total. The number of fused-ring (bicyclic) bond motifs is 1. The van der Waals surface area contributed by atoms with Gasteiger partial charge in [-0.15, -0.1) is 0 Å². The molecule has 0 radical (unpaired) electrons. The summed E-state index contributed by atoms with van der Waals surface area (Å²) in [7, 11) is -3.80. The Labute approximate surface area is 170 Å². The number of nitrogens with one attached hydrogen (secondary N) is 1. The fraction of sp³-hybridized carbons (Fsp3) is 0.222. The van der Waals surface area contributed by atoms with Gasteiger partial charge in [-0.05, 0) is 37.1 Å². The highest BCUT2D eigenvalue weighted by molar-refractivity contribution is 7.89. The second kappa shape index (κ2) is 6.31. The molecule has 0 amide bonds. The second-order valence-corrected chi connectivity index (χ2v) is 8.89. The molecule has 3 aromatic rings. The SMILES string of the molecule is NS(=O)(=O)c1ccc(Nc2ncc(F)c(N3CC4(CC4)C(=O)n4nccc43)n2)cc1. The molecule has 1 saturated carbocycles. The average Bonchev–Trinajstić information content (AvgIpc) is 3.31. The maximum atomic E-state index is 14.7. The number of nitrogens with zero attached hydrogens (tertiary/aromatic N) is 5. The fourth-order valence-electron chi connectivity index (χ4n) is 3.50. The molecular formula is C18H16FN7O3S. The van der Waals surface area contributed by atoms with Crippen LogP contribution in [0.3, 0.4) is 0 Å². The number of benzene rings is 1. The topological polar surface area (TPSA) is 136 Å². The number of aromatic nitrogens is 4. The molecule has 0 atom stereocenters. The molecule has 12 heteroatoms. The van der Waals surface area contributed by atoms with Crippen molar-refractivity contribution in [2.45, 2.75) is 17.7 Å². The summed E-state index contributed by atoms with van der Waals surface area (Å²) in [5.41, 5.74) is -0.0643. The number of sulfonamides is 1. The Morgan fingerprint density at radius 3 is 2.57 bits per heavy atom. The molecule has 1 fully saturated rings. The van der Waals surface area contributed by atoms with Crippen molar-refractivity contribution in [1.29, 1.82) is 0 Å². The van der Waals surface area contributed by atoms with Gasteiger partial charge in [-0.3, -0.25) is 4.79 Å². The number of carbonyl (C=O) groups excluding carboxylic acids is 1. The molecule has 0 unspecified atom stereocenters. The average molecular weight is 429 g/mol. The molecule has 3 heterocycles. The molecule has 3 N–H and O–H groups in total. The highest BCUT2D eigenvalue weighted by Gasteiger charge is 2.55. The van der Waals surface area contributed by atoms with E-state index < -0.39 is 21.3 Å². The summed E-state index contributed by atoms with van der Waals surface area (Å²) in [5.74, 6) is -0.139. The van der Waals surface area contributed by atoms with E-state index in [0.29, 0.717) is 18.1 Å². The molecule has 1 aromatic carbocycles. The van der Waals surface area contributed by atoms with Gasteiger partial charge in [0.2, 0.25) is 16.0 Å². The van der Waals surface area contributed by atoms with Crippen molar-refractivity contribution < 1.29 is 17.6 Å². The summed E-state index contributed by atoms with van der Waals surface area (Å²) in [6.45, 7) is 0.313. The Bertz CT molecular complexity index is 1270. The van der Waals surface area contributed by atoms with E-state index in [0.717, 1.165) is 19.0 Å². The number of carbonyl (C=O) groups is 1. The monoisotopic (exact) mass is 429 g/mol. The van der Waals surface area contributed by atoms with Crippen LogP contribution < -0.4 is 15.4 Å². The molecule has 2 aromatic heterocycles. The van der Waals surface area contributed by atoms with Crippen LogP contribution in [0.25, 0.3) is 0 Å². The van der Waals surface area contributed by atoms with Crippen LogP contribution in [0.4, 0.5) is 27.7 Å². The number of rotatable bonds is 4. The number of primary sulfonamides is 1. The summed E-state index contributed by atoms with van der Waals surface area (Å²) in [5, 5.41) is 12.1. The normalized spacial score (nSPS) is 17.1. The summed E-state index contributed by atoms with van der Waals surface area (Å²) >= 11 is 0. The van der Waals surface area contributed by atoms with Crippen LogP contribution in [0, 0.1) is 11.2 Å². The zero-order chi connectivity index (χ0) is 21.1. The minimum Gasteiger partial charge on any atom is -0.324 e. The van der Waals surface area contributed by atoms with Gasteiger partial charge in [-0.1, -0.05) is 0 Å². The lowest BCUT2D eigenvalue weighted by molar-refractivity contribution is 0.0787. The number of anilines is 4. The Morgan fingerprint density at radius 2 is 1.90 bits per heavy atom. The predicted molar refractivity (Wildman–Crippen MR) is 105 cm³/mol. The maximum Gasteiger partial charge on any atom is 0.256 e. The first-order chi connectivity index (χ1) is 14.3. The molecule has 0 bridgehead atoms. The Morgan fingerprint density at radius 1 is 1.17 bits per heavy atom. The van der Waals surface area contributed by atoms with Gasteiger partial charge >= 0.3 is 0 Å². The van der Waals surface area contributed by atoms with Crippen LogP contribution in [0.2, 0.25) is 0 Å². The minimum atomic E-state index is -3.80. The third-order valence-electron chi connectivity index (χ3n) is 5.28. The molecule has 154 valence electrons. The van der Waals surface area contributed by atoms with Crippen molar-refractivity contribution in [2.24, 2.45) is 10.6 Å². The highest BCUT2D eigenvalue weighted by atomic mass is 32.2. The van der Waals surface area contributed by atoms with Crippen molar-refractivity contribution in [1.82, 2.24) is 19.7 Å². The Hall–Kier alpha value is -3.38. The van der Waals surface area contributed by atoms with Crippen LogP contribution in [0.1, 0.15) is 17.6 Å². The van der Waals surface area contributed by atoms with Crippen molar-refractivity contribution in [3.8, 4) is 0 Å². The molecule has 2 aliphatic rings. The van der Waals surface area contributed by atoms with Crippen LogP contribution in [-0.4, -0.2) is 40.6 Å². The van der Waals surface area contributed by atoms with Gasteiger partial charge in [0.25, 0.3) is 5.91 Å². The fourth-order valence-corrected chi connectivity index (χ4v) is 4.02. The van der Waals surface area contributed by atoms with Crippen molar-refractivity contribution in [3.63, 3.8) is 0 Å². The molecule has 1 spiro atoms. The predicted octanol–water partition coefficient (Wildman–Crippen LogP) is 1.78. The van der Waals surface area contributed by atoms with E-state index in [1.807, 2.05) is 0 Å². The van der Waals surface area contributed by atoms with Crippen molar-refractivity contribution in [3.05, 3.63) is 48.5 Å². The lowest BCUT2D eigenvalue weighted by Crippen LogP contribution is -2.42. The molecule has 0 saturated heterocycles. The molecular weight excluding hydrogens is 413 g/mol. The van der Waals surface area contributed by atoms with Crippen LogP contribution >= 0.6 is 0 Å². The van der Waals surface area contributed by atoms with E-state index in [9.17, 15) is 17.6 Å². The van der Waals surface area contributed by atoms with E-state index >= 15 is 0 Å². The number of nitrogens with two attached hydrogens (primary N) is 1. The van der Waals surface area contributed by atoms with E-state index in [1.165, 1.54) is 35.1 Å². The summed E-state index contributed by atoms with van der Waals surface area (Å²) in [6.07, 6.45) is 3.97. The van der Waals surface area contributed by atoms with Gasteiger partial charge in [-0.2, -0.15) is 14.8 Å². The molecule has 1 aliphatic carbocycles. The first-order valence-corrected chi connectivity index (χ1v) is 10.6. The first-order valence-electron chi connectivity index (χ1n) is 9.06. The Kier molecular flexibility index (Phi) is 3.92. The standard InChI is InChI=1S/C18H16FN7O3S/c19-13-9-21-17(23-11-1-3-12(4-2-11)30(20,28)29)24-15(13)25-10-18(6-7-18)16(27)26-14(25)5-8-22-26/h1-5,8-9H,6-7,10H2,(H2,20,28,29)(H,21,23,24). The van der Waals surface area contributed by atoms with Crippen LogP contribution in [0.15, 0.2) is 47.6 Å². The number of hydrogen-bond acceptors (Lipinski definition) is 8. The van der Waals surface area contributed by atoms with Crippen LogP contribution in [-0.2, 0) is 10.0 Å². The van der Waals surface area contributed by atoms with Gasteiger partial charge < -0.3 is 10.2 Å². The van der Waals surface area contributed by atoms with Gasteiger partial charge in [0.1, 0.15) is 5.82 Å². The molecule has 30 heavy (non-hydrogen) atoms. The summed E-state index contributed by atoms with van der Waals surface area (Å²) < 4.78 is 38.7. The number of halogens is 1. The smallest absolute Gasteiger partial charge is 0.256 e. The van der Waals surface area contributed by atoms with E-state index in [4.69, 9.17) is 5.14 Å². The van der Waals surface area contributed by atoms with Crippen LogP contribution in [0.5, 0.6) is 0 Å². The molecule has 1 aliphatic heterocycles. The summed E-state index contributed by atoms with van der Waals surface area (Å²) in [6, 6.07) is 7.31. The largest absolute Gasteiger partial charge is 0.324 e. The van der Waals surface area contributed by atoms with E-state index in [2.05, 4.69) is 20.4 Å². The third-order valence-corrected chi connectivity index (χ3v) is 6.21. The summed E-state index contributed by atoms with van der Waals surface area (Å²) in [4.78, 5) is 22.5.